The molecular formula is C10H10FNO3. The van der Waals surface area contributed by atoms with Crippen LogP contribution < -0.4 is 0 Å². The quantitative estimate of drug-likeness (QED) is 0.558. The minimum atomic E-state index is -0.569. The highest BCUT2D eigenvalue weighted by Gasteiger charge is 2.28. The summed E-state index contributed by atoms with van der Waals surface area (Å²) in [5.41, 5.74) is -0.109. The zero-order valence-corrected chi connectivity index (χ0v) is 7.98. The molecule has 0 amide bonds. The Balaban J connectivity index is 2.46. The van der Waals surface area contributed by atoms with E-state index in [1.165, 1.54) is 18.2 Å². The third-order valence-corrected chi connectivity index (χ3v) is 2.48. The van der Waals surface area contributed by atoms with Gasteiger partial charge in [-0.1, -0.05) is 6.07 Å². The average Bonchev–Trinajstić information content (AvgIpc) is 2.70. The van der Waals surface area contributed by atoms with Crippen molar-refractivity contribution in [3.05, 3.63) is 39.7 Å². The van der Waals surface area contributed by atoms with Crippen LogP contribution in [-0.4, -0.2) is 11.5 Å². The van der Waals surface area contributed by atoms with Crippen LogP contribution in [-0.2, 0) is 4.74 Å². The second kappa shape index (κ2) is 3.94. The van der Waals surface area contributed by atoms with Gasteiger partial charge >= 0.3 is 0 Å². The minimum absolute atomic E-state index is 0.0833. The summed E-state index contributed by atoms with van der Waals surface area (Å²) in [6.45, 7) is 0.538. The fourth-order valence-corrected chi connectivity index (χ4v) is 1.81. The molecule has 0 radical (unpaired) electrons. The van der Waals surface area contributed by atoms with E-state index >= 15 is 0 Å². The zero-order valence-electron chi connectivity index (χ0n) is 7.98. The van der Waals surface area contributed by atoms with Gasteiger partial charge in [0.1, 0.15) is 5.82 Å². The van der Waals surface area contributed by atoms with Gasteiger partial charge < -0.3 is 4.74 Å². The Morgan fingerprint density at radius 1 is 1.53 bits per heavy atom. The summed E-state index contributed by atoms with van der Waals surface area (Å²) in [4.78, 5) is 10.1. The number of rotatable bonds is 2. The van der Waals surface area contributed by atoms with Crippen LogP contribution in [0.2, 0.25) is 0 Å². The zero-order chi connectivity index (χ0) is 10.8. The molecule has 1 heterocycles. The van der Waals surface area contributed by atoms with Crippen molar-refractivity contribution in [3.8, 4) is 0 Å². The summed E-state index contributed by atoms with van der Waals surface area (Å²) in [7, 11) is 0. The van der Waals surface area contributed by atoms with Gasteiger partial charge in [-0.25, -0.2) is 4.39 Å². The van der Waals surface area contributed by atoms with E-state index in [9.17, 15) is 14.5 Å². The first-order valence-electron chi connectivity index (χ1n) is 4.74. The number of nitrogens with zero attached hydrogens (tertiary/aromatic N) is 1. The van der Waals surface area contributed by atoms with Gasteiger partial charge in [-0.15, -0.1) is 0 Å². The second-order valence-corrected chi connectivity index (χ2v) is 3.43. The number of benzene rings is 1. The van der Waals surface area contributed by atoms with E-state index in [2.05, 4.69) is 0 Å². The molecule has 0 N–H and O–H groups in total. The van der Waals surface area contributed by atoms with Crippen molar-refractivity contribution in [3.63, 3.8) is 0 Å². The maximum absolute atomic E-state index is 13.5. The van der Waals surface area contributed by atoms with E-state index in [1.54, 1.807) is 0 Å². The molecule has 1 aliphatic rings. The van der Waals surface area contributed by atoms with Crippen LogP contribution in [0.1, 0.15) is 24.5 Å². The standard InChI is InChI=1S/C10H10FNO3/c11-7-3-1-4-8(12(13)14)10(7)9-5-2-6-15-9/h1,3-4,9H,2,5-6H2. The average molecular weight is 211 g/mol. The molecule has 1 saturated heterocycles. The first kappa shape index (κ1) is 10.0. The van der Waals surface area contributed by atoms with E-state index in [0.717, 1.165) is 6.42 Å². The number of halogens is 1. The minimum Gasteiger partial charge on any atom is -0.373 e. The predicted molar refractivity (Wildman–Crippen MR) is 51.0 cm³/mol. The third kappa shape index (κ3) is 1.83. The Morgan fingerprint density at radius 2 is 2.33 bits per heavy atom. The summed E-state index contributed by atoms with van der Waals surface area (Å²) in [6.07, 6.45) is 0.990. The Labute approximate surface area is 85.8 Å². The fraction of sp³-hybridized carbons (Fsp3) is 0.400. The lowest BCUT2D eigenvalue weighted by atomic mass is 10.0. The summed E-state index contributed by atoms with van der Waals surface area (Å²) in [5.74, 6) is -0.559. The molecular weight excluding hydrogens is 201 g/mol. The molecule has 80 valence electrons. The van der Waals surface area contributed by atoms with Crippen LogP contribution >= 0.6 is 0 Å². The molecule has 1 fully saturated rings. The normalized spacial score (nSPS) is 20.5. The lowest BCUT2D eigenvalue weighted by Crippen LogP contribution is -2.04. The Kier molecular flexibility index (Phi) is 2.64. The largest absolute Gasteiger partial charge is 0.373 e. The first-order valence-corrected chi connectivity index (χ1v) is 4.74. The highest BCUT2D eigenvalue weighted by Crippen LogP contribution is 2.35. The molecule has 2 rings (SSSR count). The topological polar surface area (TPSA) is 52.4 Å². The van der Waals surface area contributed by atoms with Gasteiger partial charge in [0.15, 0.2) is 0 Å². The number of hydrogen-bond donors (Lipinski definition) is 0. The van der Waals surface area contributed by atoms with Crippen LogP contribution in [0.15, 0.2) is 18.2 Å². The molecule has 4 nitrogen and oxygen atoms in total. The summed E-state index contributed by atoms with van der Waals surface area (Å²) in [5, 5.41) is 10.7. The second-order valence-electron chi connectivity index (χ2n) is 3.43. The van der Waals surface area contributed by atoms with E-state index in [4.69, 9.17) is 4.74 Å². The molecule has 1 atom stereocenters. The van der Waals surface area contributed by atoms with Crippen molar-refractivity contribution in [2.45, 2.75) is 18.9 Å². The van der Waals surface area contributed by atoms with E-state index < -0.39 is 16.8 Å². The summed E-state index contributed by atoms with van der Waals surface area (Å²) in [6, 6.07) is 3.87. The van der Waals surface area contributed by atoms with Crippen LogP contribution in [0.5, 0.6) is 0 Å². The monoisotopic (exact) mass is 211 g/mol. The number of nitro groups is 1. The van der Waals surface area contributed by atoms with E-state index in [1.807, 2.05) is 0 Å². The molecule has 0 bridgehead atoms. The number of ether oxygens (including phenoxy) is 1. The van der Waals surface area contributed by atoms with Gasteiger partial charge in [0, 0.05) is 12.7 Å². The molecule has 15 heavy (non-hydrogen) atoms. The molecule has 1 aromatic carbocycles. The molecule has 1 aliphatic heterocycles. The molecule has 1 aromatic rings. The van der Waals surface area contributed by atoms with Crippen LogP contribution in [0.25, 0.3) is 0 Å². The van der Waals surface area contributed by atoms with Crippen molar-refractivity contribution in [1.82, 2.24) is 0 Å². The highest BCUT2D eigenvalue weighted by atomic mass is 19.1. The molecule has 0 spiro atoms. The van der Waals surface area contributed by atoms with Crippen molar-refractivity contribution >= 4 is 5.69 Å². The number of hydrogen-bond acceptors (Lipinski definition) is 3. The Hall–Kier alpha value is -1.49. The SMILES string of the molecule is O=[N+]([O-])c1cccc(F)c1C1CCCO1. The van der Waals surface area contributed by atoms with E-state index in [0.29, 0.717) is 13.0 Å². The van der Waals surface area contributed by atoms with Gasteiger partial charge in [-0.3, -0.25) is 10.1 Å². The Morgan fingerprint density at radius 3 is 2.93 bits per heavy atom. The van der Waals surface area contributed by atoms with Crippen molar-refractivity contribution in [2.75, 3.05) is 6.61 Å². The summed E-state index contributed by atoms with van der Waals surface area (Å²) < 4.78 is 18.7. The van der Waals surface area contributed by atoms with Crippen LogP contribution in [0, 0.1) is 15.9 Å². The predicted octanol–water partition coefficient (Wildman–Crippen LogP) is 2.59. The maximum atomic E-state index is 13.5. The molecule has 0 aromatic heterocycles. The molecule has 5 heteroatoms. The summed E-state index contributed by atoms with van der Waals surface area (Å²) >= 11 is 0. The molecule has 0 aliphatic carbocycles. The Bertz CT molecular complexity index is 388. The fourth-order valence-electron chi connectivity index (χ4n) is 1.81. The van der Waals surface area contributed by atoms with E-state index in [-0.39, 0.29) is 11.3 Å². The smallest absolute Gasteiger partial charge is 0.278 e. The van der Waals surface area contributed by atoms with Gasteiger partial charge in [0.25, 0.3) is 5.69 Å². The maximum Gasteiger partial charge on any atom is 0.278 e. The van der Waals surface area contributed by atoms with Crippen LogP contribution in [0.4, 0.5) is 10.1 Å². The van der Waals surface area contributed by atoms with Crippen molar-refractivity contribution in [1.29, 1.82) is 0 Å². The molecule has 0 saturated carbocycles. The number of nitro benzene ring substituents is 1. The lowest BCUT2D eigenvalue weighted by molar-refractivity contribution is -0.386. The van der Waals surface area contributed by atoms with Crippen LogP contribution in [0.3, 0.4) is 0 Å². The molecule has 1 unspecified atom stereocenters. The van der Waals surface area contributed by atoms with Crippen molar-refractivity contribution < 1.29 is 14.1 Å². The van der Waals surface area contributed by atoms with Gasteiger partial charge in [0.05, 0.1) is 16.6 Å². The van der Waals surface area contributed by atoms with Gasteiger partial charge in [0.2, 0.25) is 0 Å². The first-order chi connectivity index (χ1) is 7.20. The highest BCUT2D eigenvalue weighted by molar-refractivity contribution is 5.42. The third-order valence-electron chi connectivity index (χ3n) is 2.48. The lowest BCUT2D eigenvalue weighted by Gasteiger charge is -2.10. The van der Waals surface area contributed by atoms with Gasteiger partial charge in [-0.05, 0) is 18.9 Å². The van der Waals surface area contributed by atoms with Crippen molar-refractivity contribution in [2.24, 2.45) is 0 Å². The van der Waals surface area contributed by atoms with Gasteiger partial charge in [-0.2, -0.15) is 0 Å².